The van der Waals surface area contributed by atoms with Crippen molar-refractivity contribution in [3.05, 3.63) is 64.7 Å². The Bertz CT molecular complexity index is 865. The third-order valence-electron chi connectivity index (χ3n) is 5.61. The minimum absolute atomic E-state index is 0.104. The van der Waals surface area contributed by atoms with Crippen molar-refractivity contribution in [2.75, 3.05) is 26.7 Å². The SMILES string of the molecule is COc1ccc(C(CNC(=O)CC(NC(C)=O)c2ccc(Cl)cc2)N2CCCC2)cc1. The number of hydrogen-bond acceptors (Lipinski definition) is 4. The van der Waals surface area contributed by atoms with Gasteiger partial charge in [-0.25, -0.2) is 0 Å². The average Bonchev–Trinajstić information content (AvgIpc) is 3.29. The van der Waals surface area contributed by atoms with Crippen LogP contribution in [0.2, 0.25) is 5.02 Å². The number of benzene rings is 2. The number of halogens is 1. The molecule has 2 unspecified atom stereocenters. The first-order valence-electron chi connectivity index (χ1n) is 10.6. The van der Waals surface area contributed by atoms with Gasteiger partial charge in [-0.05, 0) is 61.3 Å². The van der Waals surface area contributed by atoms with Crippen LogP contribution in [0.5, 0.6) is 5.75 Å². The van der Waals surface area contributed by atoms with Gasteiger partial charge in [-0.2, -0.15) is 0 Å². The van der Waals surface area contributed by atoms with Gasteiger partial charge in [0.15, 0.2) is 0 Å². The Labute approximate surface area is 188 Å². The standard InChI is InChI=1S/C24H30ClN3O3/c1-17(29)27-22(18-5-9-20(25)10-6-18)15-24(30)26-16-23(28-13-3-4-14-28)19-7-11-21(31-2)12-8-19/h5-12,22-23H,3-4,13-16H2,1-2H3,(H,26,30)(H,27,29). The lowest BCUT2D eigenvalue weighted by atomic mass is 10.0. The fourth-order valence-electron chi connectivity index (χ4n) is 4.00. The first-order chi connectivity index (χ1) is 15.0. The molecule has 6 nitrogen and oxygen atoms in total. The number of nitrogens with one attached hydrogen (secondary N) is 2. The largest absolute Gasteiger partial charge is 0.497 e. The summed E-state index contributed by atoms with van der Waals surface area (Å²) in [5.74, 6) is 0.529. The number of carbonyl (C=O) groups is 2. The smallest absolute Gasteiger partial charge is 0.222 e. The summed E-state index contributed by atoms with van der Waals surface area (Å²) in [5, 5.41) is 6.56. The molecule has 166 valence electrons. The van der Waals surface area contributed by atoms with Gasteiger partial charge in [0, 0.05) is 18.5 Å². The van der Waals surface area contributed by atoms with Crippen LogP contribution >= 0.6 is 11.6 Å². The molecule has 0 aromatic heterocycles. The van der Waals surface area contributed by atoms with Crippen LogP contribution in [0.1, 0.15) is 49.4 Å². The number of carbonyl (C=O) groups excluding carboxylic acids is 2. The van der Waals surface area contributed by atoms with E-state index >= 15 is 0 Å². The molecule has 1 aliphatic heterocycles. The summed E-state index contributed by atoms with van der Waals surface area (Å²) in [6.07, 6.45) is 2.50. The number of rotatable bonds is 9. The van der Waals surface area contributed by atoms with Gasteiger partial charge in [0.25, 0.3) is 0 Å². The van der Waals surface area contributed by atoms with Gasteiger partial charge in [0.05, 0.1) is 25.6 Å². The molecule has 2 N–H and O–H groups in total. The van der Waals surface area contributed by atoms with Crippen LogP contribution in [0.15, 0.2) is 48.5 Å². The summed E-state index contributed by atoms with van der Waals surface area (Å²) in [5.41, 5.74) is 2.00. The van der Waals surface area contributed by atoms with Crippen molar-refractivity contribution in [2.24, 2.45) is 0 Å². The molecule has 0 bridgehead atoms. The average molecular weight is 444 g/mol. The minimum atomic E-state index is -0.402. The van der Waals surface area contributed by atoms with E-state index in [0.29, 0.717) is 11.6 Å². The first-order valence-corrected chi connectivity index (χ1v) is 11.0. The van der Waals surface area contributed by atoms with E-state index in [9.17, 15) is 9.59 Å². The summed E-state index contributed by atoms with van der Waals surface area (Å²) >= 11 is 5.97. The van der Waals surface area contributed by atoms with E-state index in [2.05, 4.69) is 27.7 Å². The number of nitrogens with zero attached hydrogens (tertiary/aromatic N) is 1. The molecule has 0 saturated carbocycles. The maximum absolute atomic E-state index is 12.8. The second-order valence-corrected chi connectivity index (χ2v) is 8.28. The lowest BCUT2D eigenvalue weighted by molar-refractivity contribution is -0.123. The summed E-state index contributed by atoms with van der Waals surface area (Å²) in [4.78, 5) is 26.9. The molecule has 0 radical (unpaired) electrons. The highest BCUT2D eigenvalue weighted by atomic mass is 35.5. The maximum Gasteiger partial charge on any atom is 0.222 e. The number of ether oxygens (including phenoxy) is 1. The number of likely N-dealkylation sites (tertiary alicyclic amines) is 1. The molecule has 1 heterocycles. The zero-order chi connectivity index (χ0) is 22.2. The topological polar surface area (TPSA) is 70.7 Å². The highest BCUT2D eigenvalue weighted by Gasteiger charge is 2.25. The van der Waals surface area contributed by atoms with Crippen LogP contribution in [-0.2, 0) is 9.59 Å². The van der Waals surface area contributed by atoms with Crippen LogP contribution in [0.4, 0.5) is 0 Å². The van der Waals surface area contributed by atoms with E-state index in [4.69, 9.17) is 16.3 Å². The zero-order valence-electron chi connectivity index (χ0n) is 18.1. The van der Waals surface area contributed by atoms with E-state index in [1.807, 2.05) is 24.3 Å². The highest BCUT2D eigenvalue weighted by molar-refractivity contribution is 6.30. The van der Waals surface area contributed by atoms with Crippen LogP contribution in [0.3, 0.4) is 0 Å². The van der Waals surface area contributed by atoms with Crippen LogP contribution in [0, 0.1) is 0 Å². The van der Waals surface area contributed by atoms with Crippen molar-refractivity contribution in [2.45, 2.75) is 38.3 Å². The predicted molar refractivity (Wildman–Crippen MR) is 122 cm³/mol. The first kappa shape index (κ1) is 23.1. The molecule has 2 aromatic rings. The van der Waals surface area contributed by atoms with Crippen LogP contribution < -0.4 is 15.4 Å². The zero-order valence-corrected chi connectivity index (χ0v) is 18.8. The van der Waals surface area contributed by atoms with Crippen molar-refractivity contribution >= 4 is 23.4 Å². The Kier molecular flexibility index (Phi) is 8.32. The quantitative estimate of drug-likeness (QED) is 0.617. The van der Waals surface area contributed by atoms with Crippen molar-refractivity contribution in [1.29, 1.82) is 0 Å². The summed E-state index contributed by atoms with van der Waals surface area (Å²) in [7, 11) is 1.65. The van der Waals surface area contributed by atoms with Gasteiger partial charge < -0.3 is 15.4 Å². The van der Waals surface area contributed by atoms with Gasteiger partial charge in [0.1, 0.15) is 5.75 Å². The fourth-order valence-corrected chi connectivity index (χ4v) is 4.12. The van der Waals surface area contributed by atoms with Crippen LogP contribution in [0.25, 0.3) is 0 Å². The second-order valence-electron chi connectivity index (χ2n) is 7.84. The molecule has 0 aliphatic carbocycles. The Hall–Kier alpha value is -2.57. The molecule has 2 aromatic carbocycles. The molecule has 1 fully saturated rings. The normalized spacial score (nSPS) is 15.8. The van der Waals surface area contributed by atoms with Gasteiger partial charge in [-0.3, -0.25) is 14.5 Å². The second kappa shape index (κ2) is 11.2. The Morgan fingerprint density at radius 3 is 2.23 bits per heavy atom. The van der Waals surface area contributed by atoms with Crippen molar-refractivity contribution in [3.63, 3.8) is 0 Å². The van der Waals surface area contributed by atoms with Crippen molar-refractivity contribution in [3.8, 4) is 5.75 Å². The summed E-state index contributed by atoms with van der Waals surface area (Å²) in [6, 6.07) is 14.9. The predicted octanol–water partition coefficient (Wildman–Crippen LogP) is 3.87. The van der Waals surface area contributed by atoms with E-state index in [-0.39, 0.29) is 24.3 Å². The molecule has 2 amide bonds. The molecule has 31 heavy (non-hydrogen) atoms. The maximum atomic E-state index is 12.8. The fraction of sp³-hybridized carbons (Fsp3) is 0.417. The summed E-state index contributed by atoms with van der Waals surface area (Å²) < 4.78 is 5.27. The highest BCUT2D eigenvalue weighted by Crippen LogP contribution is 2.26. The van der Waals surface area contributed by atoms with Crippen LogP contribution in [-0.4, -0.2) is 43.5 Å². The Morgan fingerprint density at radius 2 is 1.65 bits per heavy atom. The third kappa shape index (κ3) is 6.71. The Morgan fingerprint density at radius 1 is 1.03 bits per heavy atom. The van der Waals surface area contributed by atoms with Gasteiger partial charge >= 0.3 is 0 Å². The van der Waals surface area contributed by atoms with E-state index in [0.717, 1.165) is 30.0 Å². The van der Waals surface area contributed by atoms with Gasteiger partial charge in [0.2, 0.25) is 11.8 Å². The number of amides is 2. The molecular formula is C24H30ClN3O3. The minimum Gasteiger partial charge on any atom is -0.497 e. The van der Waals surface area contributed by atoms with Gasteiger partial charge in [-0.15, -0.1) is 0 Å². The van der Waals surface area contributed by atoms with Crippen molar-refractivity contribution in [1.82, 2.24) is 15.5 Å². The van der Waals surface area contributed by atoms with E-state index in [1.54, 1.807) is 19.2 Å². The lowest BCUT2D eigenvalue weighted by Crippen LogP contribution is -2.38. The molecule has 0 spiro atoms. The molecule has 7 heteroatoms. The summed E-state index contributed by atoms with van der Waals surface area (Å²) in [6.45, 7) is 4.00. The molecule has 1 saturated heterocycles. The molecular weight excluding hydrogens is 414 g/mol. The molecule has 3 rings (SSSR count). The van der Waals surface area contributed by atoms with E-state index in [1.165, 1.54) is 19.8 Å². The van der Waals surface area contributed by atoms with E-state index < -0.39 is 6.04 Å². The number of hydrogen-bond donors (Lipinski definition) is 2. The third-order valence-corrected chi connectivity index (χ3v) is 5.87. The van der Waals surface area contributed by atoms with Gasteiger partial charge in [-0.1, -0.05) is 35.9 Å². The lowest BCUT2D eigenvalue weighted by Gasteiger charge is -2.28. The Balaban J connectivity index is 1.66. The molecule has 1 aliphatic rings. The monoisotopic (exact) mass is 443 g/mol. The molecule has 2 atom stereocenters. The van der Waals surface area contributed by atoms with Crippen molar-refractivity contribution < 1.29 is 14.3 Å². The number of methoxy groups -OCH3 is 1.